The van der Waals surface area contributed by atoms with E-state index in [1.165, 1.54) is 27.8 Å². The molecule has 0 bridgehead atoms. The molecule has 11 rings (SSSR count). The van der Waals surface area contributed by atoms with Crippen LogP contribution in [0.4, 0.5) is 11.4 Å². The van der Waals surface area contributed by atoms with Gasteiger partial charge in [0.05, 0.1) is 0 Å². The summed E-state index contributed by atoms with van der Waals surface area (Å²) >= 11 is 0. The predicted octanol–water partition coefficient (Wildman–Crippen LogP) is 17.9. The van der Waals surface area contributed by atoms with Gasteiger partial charge in [0.25, 0.3) is 0 Å². The molecule has 1 aliphatic rings. The van der Waals surface area contributed by atoms with Crippen molar-refractivity contribution in [1.29, 1.82) is 0 Å². The first-order valence-electron chi connectivity index (χ1n) is 26.2. The van der Waals surface area contributed by atoms with Crippen molar-refractivity contribution in [2.24, 2.45) is 0 Å². The van der Waals surface area contributed by atoms with Gasteiger partial charge >= 0.3 is 0 Å². The normalized spacial score (nSPS) is 13.3. The second-order valence-electron chi connectivity index (χ2n) is 23.1. The maximum absolute atomic E-state index is 7.22. The van der Waals surface area contributed by atoms with E-state index in [1.807, 2.05) is 6.20 Å². The molecule has 0 saturated heterocycles. The predicted molar refractivity (Wildman–Crippen MR) is 313 cm³/mol. The fourth-order valence-corrected chi connectivity index (χ4v) is 10.6. The Morgan fingerprint density at radius 2 is 1.05 bits per heavy atom. The van der Waals surface area contributed by atoms with Crippen molar-refractivity contribution in [3.8, 4) is 28.4 Å². The number of fused-ring (bicyclic) bond motifs is 3. The van der Waals surface area contributed by atoms with Crippen LogP contribution in [0, 0.1) is 18.8 Å². The van der Waals surface area contributed by atoms with Crippen LogP contribution in [-0.2, 0) is 42.7 Å². The summed E-state index contributed by atoms with van der Waals surface area (Å²) in [5, 5.41) is 2.30. The van der Waals surface area contributed by atoms with Crippen molar-refractivity contribution in [3.63, 3.8) is 0 Å². The molecule has 5 nitrogen and oxygen atoms in total. The zero-order chi connectivity index (χ0) is 52.3. The molecule has 76 heavy (non-hydrogen) atoms. The summed E-state index contributed by atoms with van der Waals surface area (Å²) in [4.78, 5) is 9.54. The number of anilines is 2. The van der Waals surface area contributed by atoms with Gasteiger partial charge in [-0.25, -0.2) is 4.98 Å². The molecule has 0 spiro atoms. The average Bonchev–Trinajstić information content (AvgIpc) is 4.05. The first-order chi connectivity index (χ1) is 35.9. The molecule has 2 aromatic heterocycles. The molecular weight excluding hydrogens is 1110 g/mol. The van der Waals surface area contributed by atoms with Crippen molar-refractivity contribution in [2.45, 2.75) is 90.9 Å². The van der Waals surface area contributed by atoms with Gasteiger partial charge in [0, 0.05) is 61.1 Å². The molecule has 0 amide bonds. The van der Waals surface area contributed by atoms with E-state index >= 15 is 0 Å². The Balaban J connectivity index is 0.00000657. The zero-order valence-electron chi connectivity index (χ0n) is 45.2. The van der Waals surface area contributed by atoms with E-state index in [2.05, 4.69) is 303 Å². The molecule has 1 aliphatic heterocycles. The summed E-state index contributed by atoms with van der Waals surface area (Å²) in [5.74, 6) is 2.05. The van der Waals surface area contributed by atoms with Crippen molar-refractivity contribution in [1.82, 2.24) is 9.55 Å². The number of hydrogen-bond donors (Lipinski definition) is 0. The molecule has 0 atom stereocenters. The molecule has 0 aliphatic carbocycles. The Morgan fingerprint density at radius 1 is 0.487 bits per heavy atom. The Hall–Kier alpha value is -7.46. The Morgan fingerprint density at radius 3 is 1.67 bits per heavy atom. The molecule has 0 N–H and O–H groups in total. The summed E-state index contributed by atoms with van der Waals surface area (Å²) in [5.41, 5.74) is 14.5. The number of ether oxygens (including phenoxy) is 1. The minimum Gasteiger partial charge on any atom is -0.509 e. The van der Waals surface area contributed by atoms with Crippen molar-refractivity contribution in [3.05, 3.63) is 264 Å². The van der Waals surface area contributed by atoms with Gasteiger partial charge < -0.3 is 19.1 Å². The Labute approximate surface area is 464 Å². The van der Waals surface area contributed by atoms with Crippen LogP contribution >= 0.6 is 0 Å². The number of rotatable bonds is 11. The van der Waals surface area contributed by atoms with Crippen molar-refractivity contribution >= 4 is 38.9 Å². The van der Waals surface area contributed by atoms with Gasteiger partial charge in [0.2, 0.25) is 0 Å². The number of para-hydroxylation sites is 1. The maximum atomic E-state index is 7.22. The van der Waals surface area contributed by atoms with E-state index < -0.39 is 5.41 Å². The third-order valence-electron chi connectivity index (χ3n) is 15.2. The molecule has 0 fully saturated rings. The van der Waals surface area contributed by atoms with E-state index in [9.17, 15) is 0 Å². The van der Waals surface area contributed by atoms with Gasteiger partial charge in [0.15, 0.2) is 0 Å². The van der Waals surface area contributed by atoms with Gasteiger partial charge in [-0.3, -0.25) is 0 Å². The third kappa shape index (κ3) is 9.94. The van der Waals surface area contributed by atoms with Crippen molar-refractivity contribution < 1.29 is 25.8 Å². The molecule has 6 heteroatoms. The minimum atomic E-state index is -0.406. The molecule has 8 aromatic carbocycles. The summed E-state index contributed by atoms with van der Waals surface area (Å²) in [7, 11) is 0. The van der Waals surface area contributed by atoms with E-state index in [4.69, 9.17) is 9.72 Å². The fourth-order valence-electron chi connectivity index (χ4n) is 10.6. The number of hydrogen-bond acceptors (Lipinski definition) is 4. The van der Waals surface area contributed by atoms with E-state index in [0.29, 0.717) is 11.5 Å². The quantitative estimate of drug-likeness (QED) is 0.121. The minimum absolute atomic E-state index is 0. The smallest absolute Gasteiger partial charge is 0.135 e. The van der Waals surface area contributed by atoms with Crippen LogP contribution in [0.5, 0.6) is 11.5 Å². The summed E-state index contributed by atoms with van der Waals surface area (Å²) in [6.45, 7) is 25.0. The molecule has 10 aromatic rings. The van der Waals surface area contributed by atoms with E-state index in [-0.39, 0.29) is 37.3 Å². The van der Waals surface area contributed by atoms with Crippen LogP contribution in [0.2, 0.25) is 0 Å². The first kappa shape index (κ1) is 52.0. The Bertz CT molecular complexity index is 3730. The van der Waals surface area contributed by atoms with Gasteiger partial charge in [-0.2, -0.15) is 0 Å². The molecule has 0 radical (unpaired) electrons. The van der Waals surface area contributed by atoms with E-state index in [1.54, 1.807) is 0 Å². The van der Waals surface area contributed by atoms with Crippen LogP contribution in [0.1, 0.15) is 108 Å². The second kappa shape index (κ2) is 20.2. The summed E-state index contributed by atoms with van der Waals surface area (Å²) in [6, 6.07) is 77.2. The molecule has 0 saturated carbocycles. The van der Waals surface area contributed by atoms with Crippen LogP contribution < -0.4 is 14.5 Å². The average molecular weight is 1170 g/mol. The summed E-state index contributed by atoms with van der Waals surface area (Å²) in [6.07, 6.45) is 4.16. The number of pyridine rings is 1. The molecular formula is C70H65N4OPt-3. The maximum Gasteiger partial charge on any atom is 0.135 e. The van der Waals surface area contributed by atoms with E-state index in [0.717, 1.165) is 66.9 Å². The molecule has 384 valence electrons. The number of benzene rings is 8. The standard InChI is InChI=1S/C70H65N4O.Pt/c1-67(2,3)53-35-36-71-65(42-53)74-62-34-24-23-33-60(62)66-61(68(4,5)6)44-59(45-63(66)74)75-58-41-55(70(9,10)52-31-21-14-22-32-52)39-56(43-58)72-46-64(49-27-17-12-18-28-49)73(47-72)57-38-50(48-25-15-11-16-26-48)37-54(40-57)69(7,8)51-29-19-13-20-30-51;/h11-42,44,46-47H,1-10H3;/q-3;. The Kier molecular flexibility index (Phi) is 13.9. The monoisotopic (exact) mass is 1170 g/mol. The van der Waals surface area contributed by atoms with Gasteiger partial charge in [-0.1, -0.05) is 226 Å². The largest absolute Gasteiger partial charge is 0.509 e. The molecule has 0 unspecified atom stereocenters. The van der Waals surface area contributed by atoms with Crippen LogP contribution in [0.25, 0.3) is 44.4 Å². The van der Waals surface area contributed by atoms with Gasteiger partial charge in [-0.05, 0) is 97.1 Å². The van der Waals surface area contributed by atoms with Gasteiger partial charge in [-0.15, -0.1) is 53.8 Å². The zero-order valence-corrected chi connectivity index (χ0v) is 47.5. The van der Waals surface area contributed by atoms with Crippen LogP contribution in [-0.4, -0.2) is 9.55 Å². The second-order valence-corrected chi connectivity index (χ2v) is 23.1. The SMILES string of the molecule is CC(C)(C)c1ccnc(-n2c3[c-]c(Oc4[c-]c(N5C=C(c6ccccc6)N(c6cc(-c7ccccc7)cc(C(C)(C)c7ccccc7)c6)[CH-]5)cc(C(C)(C)c5ccccc5)c4)cc(C(C)(C)C)c3c3ccccc32)c1.[Pt]. The van der Waals surface area contributed by atoms with Crippen molar-refractivity contribution in [2.75, 3.05) is 9.80 Å². The van der Waals surface area contributed by atoms with Gasteiger partial charge in [0.1, 0.15) is 5.82 Å². The summed E-state index contributed by atoms with van der Waals surface area (Å²) < 4.78 is 9.48. The van der Waals surface area contributed by atoms with Crippen LogP contribution in [0.15, 0.2) is 207 Å². The van der Waals surface area contributed by atoms with Crippen LogP contribution in [0.3, 0.4) is 0 Å². The molecule has 3 heterocycles. The number of nitrogens with zero attached hydrogens (tertiary/aromatic N) is 4. The fraction of sp³-hybridized carbons (Fsp3) is 0.200. The first-order valence-corrected chi connectivity index (χ1v) is 26.2. The number of aromatic nitrogens is 2. The third-order valence-corrected chi connectivity index (χ3v) is 15.2. The topological polar surface area (TPSA) is 33.5 Å².